The second-order valence-corrected chi connectivity index (χ2v) is 4.70. The summed E-state index contributed by atoms with van der Waals surface area (Å²) in [6, 6.07) is 0. The fourth-order valence-corrected chi connectivity index (χ4v) is 2.47. The van der Waals surface area contributed by atoms with Crippen LogP contribution in [0.1, 0.15) is 72.6 Å². The molecule has 0 fully saturated rings. The SMILES string of the molecule is CCCCC(CCC)C(CCC)C(C)=O. The molecule has 2 atom stereocenters. The summed E-state index contributed by atoms with van der Waals surface area (Å²) >= 11 is 0. The molecular weight excluding hydrogens is 184 g/mol. The minimum Gasteiger partial charge on any atom is -0.300 e. The van der Waals surface area contributed by atoms with E-state index in [4.69, 9.17) is 0 Å². The second-order valence-electron chi connectivity index (χ2n) is 4.70. The lowest BCUT2D eigenvalue weighted by molar-refractivity contribution is -0.122. The van der Waals surface area contributed by atoms with Crippen LogP contribution in [-0.2, 0) is 4.79 Å². The number of hydrogen-bond acceptors (Lipinski definition) is 1. The Balaban J connectivity index is 4.29. The molecule has 0 N–H and O–H groups in total. The molecular formula is C14H28O. The summed E-state index contributed by atoms with van der Waals surface area (Å²) in [6.07, 6.45) is 8.43. The zero-order valence-electron chi connectivity index (χ0n) is 11.0. The Morgan fingerprint density at radius 1 is 0.933 bits per heavy atom. The van der Waals surface area contributed by atoms with Gasteiger partial charge in [0.05, 0.1) is 0 Å². The molecule has 0 aromatic rings. The number of rotatable bonds is 9. The van der Waals surface area contributed by atoms with Gasteiger partial charge in [0.2, 0.25) is 0 Å². The number of hydrogen-bond donors (Lipinski definition) is 0. The highest BCUT2D eigenvalue weighted by atomic mass is 16.1. The van der Waals surface area contributed by atoms with Crippen molar-refractivity contribution in [2.24, 2.45) is 11.8 Å². The Morgan fingerprint density at radius 2 is 1.53 bits per heavy atom. The van der Waals surface area contributed by atoms with Crippen LogP contribution < -0.4 is 0 Å². The van der Waals surface area contributed by atoms with E-state index in [9.17, 15) is 4.79 Å². The molecule has 0 aliphatic carbocycles. The molecule has 0 bridgehead atoms. The quantitative estimate of drug-likeness (QED) is 0.546. The van der Waals surface area contributed by atoms with Crippen LogP contribution in [-0.4, -0.2) is 5.78 Å². The van der Waals surface area contributed by atoms with Crippen LogP contribution in [0.2, 0.25) is 0 Å². The first kappa shape index (κ1) is 14.7. The molecule has 15 heavy (non-hydrogen) atoms. The van der Waals surface area contributed by atoms with E-state index in [2.05, 4.69) is 20.8 Å². The molecule has 0 spiro atoms. The summed E-state index contributed by atoms with van der Waals surface area (Å²) in [7, 11) is 0. The van der Waals surface area contributed by atoms with E-state index < -0.39 is 0 Å². The van der Waals surface area contributed by atoms with Crippen LogP contribution in [0.25, 0.3) is 0 Å². The highest BCUT2D eigenvalue weighted by Crippen LogP contribution is 2.28. The molecule has 0 aliphatic rings. The summed E-state index contributed by atoms with van der Waals surface area (Å²) in [5.41, 5.74) is 0. The lowest BCUT2D eigenvalue weighted by Gasteiger charge is -2.24. The van der Waals surface area contributed by atoms with Gasteiger partial charge in [-0.1, -0.05) is 52.9 Å². The van der Waals surface area contributed by atoms with E-state index >= 15 is 0 Å². The minimum absolute atomic E-state index is 0.335. The van der Waals surface area contributed by atoms with Gasteiger partial charge in [-0.25, -0.2) is 0 Å². The lowest BCUT2D eigenvalue weighted by Crippen LogP contribution is -2.22. The van der Waals surface area contributed by atoms with Crippen LogP contribution in [0, 0.1) is 11.8 Å². The van der Waals surface area contributed by atoms with E-state index in [0.717, 1.165) is 12.8 Å². The van der Waals surface area contributed by atoms with E-state index in [1.165, 1.54) is 32.1 Å². The molecule has 2 unspecified atom stereocenters. The maximum absolute atomic E-state index is 11.6. The first-order chi connectivity index (χ1) is 7.17. The van der Waals surface area contributed by atoms with Crippen molar-refractivity contribution in [2.75, 3.05) is 0 Å². The third-order valence-corrected chi connectivity index (χ3v) is 3.28. The van der Waals surface area contributed by atoms with Crippen molar-refractivity contribution in [1.82, 2.24) is 0 Å². The van der Waals surface area contributed by atoms with Gasteiger partial charge in [0, 0.05) is 5.92 Å². The first-order valence-electron chi connectivity index (χ1n) is 6.67. The summed E-state index contributed by atoms with van der Waals surface area (Å²) in [5.74, 6) is 1.39. The molecule has 0 rings (SSSR count). The third kappa shape index (κ3) is 5.96. The van der Waals surface area contributed by atoms with Crippen molar-refractivity contribution >= 4 is 5.78 Å². The van der Waals surface area contributed by atoms with Gasteiger partial charge in [-0.05, 0) is 25.7 Å². The van der Waals surface area contributed by atoms with E-state index in [0.29, 0.717) is 17.6 Å². The highest BCUT2D eigenvalue weighted by Gasteiger charge is 2.23. The zero-order valence-corrected chi connectivity index (χ0v) is 11.0. The Morgan fingerprint density at radius 3 is 1.93 bits per heavy atom. The average molecular weight is 212 g/mol. The first-order valence-corrected chi connectivity index (χ1v) is 6.67. The molecule has 0 aliphatic heterocycles. The van der Waals surface area contributed by atoms with Gasteiger partial charge in [0.25, 0.3) is 0 Å². The molecule has 0 saturated heterocycles. The zero-order chi connectivity index (χ0) is 11.7. The molecule has 0 heterocycles. The van der Waals surface area contributed by atoms with Gasteiger partial charge in [-0.2, -0.15) is 0 Å². The van der Waals surface area contributed by atoms with Crippen molar-refractivity contribution < 1.29 is 4.79 Å². The highest BCUT2D eigenvalue weighted by molar-refractivity contribution is 5.78. The van der Waals surface area contributed by atoms with Gasteiger partial charge in [-0.15, -0.1) is 0 Å². The van der Waals surface area contributed by atoms with Crippen molar-refractivity contribution in [3.63, 3.8) is 0 Å². The van der Waals surface area contributed by atoms with Gasteiger partial charge in [0.1, 0.15) is 5.78 Å². The Bertz CT molecular complexity index is 163. The Hall–Kier alpha value is -0.330. The molecule has 90 valence electrons. The largest absolute Gasteiger partial charge is 0.300 e. The van der Waals surface area contributed by atoms with Gasteiger partial charge in [-0.3, -0.25) is 4.79 Å². The number of carbonyl (C=O) groups is 1. The second kappa shape index (κ2) is 8.94. The van der Waals surface area contributed by atoms with E-state index in [-0.39, 0.29) is 0 Å². The standard InChI is InChI=1S/C14H28O/c1-5-8-11-13(9-6-2)14(10-7-3)12(4)15/h13-14H,5-11H2,1-4H3. The predicted octanol–water partition coefficient (Wildman–Crippen LogP) is 4.60. The van der Waals surface area contributed by atoms with Crippen molar-refractivity contribution in [3.05, 3.63) is 0 Å². The van der Waals surface area contributed by atoms with Crippen LogP contribution in [0.5, 0.6) is 0 Å². The molecule has 0 aromatic heterocycles. The van der Waals surface area contributed by atoms with Gasteiger partial charge >= 0.3 is 0 Å². The lowest BCUT2D eigenvalue weighted by atomic mass is 9.80. The van der Waals surface area contributed by atoms with Crippen LogP contribution in [0.3, 0.4) is 0 Å². The normalized spacial score (nSPS) is 14.9. The monoisotopic (exact) mass is 212 g/mol. The fraction of sp³-hybridized carbons (Fsp3) is 0.929. The molecule has 0 radical (unpaired) electrons. The third-order valence-electron chi connectivity index (χ3n) is 3.28. The van der Waals surface area contributed by atoms with Crippen LogP contribution in [0.4, 0.5) is 0 Å². The topological polar surface area (TPSA) is 17.1 Å². The van der Waals surface area contributed by atoms with Crippen molar-refractivity contribution in [2.45, 2.75) is 72.6 Å². The summed E-state index contributed by atoms with van der Waals surface area (Å²) in [5, 5.41) is 0. The number of ketones is 1. The Labute approximate surface area is 95.6 Å². The molecule has 0 saturated carbocycles. The smallest absolute Gasteiger partial charge is 0.133 e. The predicted molar refractivity (Wildman–Crippen MR) is 67.0 cm³/mol. The molecule has 1 heteroatoms. The van der Waals surface area contributed by atoms with E-state index in [1.54, 1.807) is 6.92 Å². The number of Topliss-reactive ketones (excluding diaryl/α,β-unsaturated/α-hetero) is 1. The minimum atomic E-state index is 0.335. The summed E-state index contributed by atoms with van der Waals surface area (Å²) in [6.45, 7) is 8.40. The van der Waals surface area contributed by atoms with Crippen LogP contribution >= 0.6 is 0 Å². The molecule has 0 aromatic carbocycles. The van der Waals surface area contributed by atoms with E-state index in [1.807, 2.05) is 0 Å². The summed E-state index contributed by atoms with van der Waals surface area (Å²) in [4.78, 5) is 11.6. The number of carbonyl (C=O) groups excluding carboxylic acids is 1. The fourth-order valence-electron chi connectivity index (χ4n) is 2.47. The average Bonchev–Trinajstić information content (AvgIpc) is 2.21. The van der Waals surface area contributed by atoms with Gasteiger partial charge < -0.3 is 0 Å². The maximum atomic E-state index is 11.6. The number of unbranched alkanes of at least 4 members (excludes halogenated alkanes) is 1. The Kier molecular flexibility index (Phi) is 8.74. The maximum Gasteiger partial charge on any atom is 0.133 e. The molecule has 1 nitrogen and oxygen atoms in total. The van der Waals surface area contributed by atoms with Crippen molar-refractivity contribution in [3.8, 4) is 0 Å². The summed E-state index contributed by atoms with van der Waals surface area (Å²) < 4.78 is 0. The molecule has 0 amide bonds. The van der Waals surface area contributed by atoms with Crippen molar-refractivity contribution in [1.29, 1.82) is 0 Å². The van der Waals surface area contributed by atoms with Crippen LogP contribution in [0.15, 0.2) is 0 Å². The van der Waals surface area contributed by atoms with Gasteiger partial charge in [0.15, 0.2) is 0 Å².